The number of carbonyl (C=O) groups is 1. The SMILES string of the molecule is O=C(NCc1ccccc1Cl)c1cnc(OC2CCOC2)c(Cl)c1. The van der Waals surface area contributed by atoms with E-state index in [1.165, 1.54) is 6.20 Å². The minimum absolute atomic E-state index is 0.0464. The standard InChI is InChI=1S/C17H16Cl2N2O3/c18-14-4-2-1-3-11(14)8-20-16(22)12-7-15(19)17(21-9-12)24-13-5-6-23-10-13/h1-4,7,9,13H,5-6,8,10H2,(H,20,22). The third kappa shape index (κ3) is 4.17. The highest BCUT2D eigenvalue weighted by atomic mass is 35.5. The summed E-state index contributed by atoms with van der Waals surface area (Å²) >= 11 is 12.2. The lowest BCUT2D eigenvalue weighted by Gasteiger charge is -2.13. The van der Waals surface area contributed by atoms with Crippen molar-refractivity contribution in [3.8, 4) is 5.88 Å². The molecular weight excluding hydrogens is 351 g/mol. The van der Waals surface area contributed by atoms with Crippen molar-refractivity contribution in [3.63, 3.8) is 0 Å². The lowest BCUT2D eigenvalue weighted by Crippen LogP contribution is -2.23. The Kier molecular flexibility index (Phi) is 5.56. The number of halogens is 2. The number of benzene rings is 1. The molecular formula is C17H16Cl2N2O3. The van der Waals surface area contributed by atoms with Gasteiger partial charge in [-0.05, 0) is 17.7 Å². The maximum atomic E-state index is 12.2. The molecule has 2 heterocycles. The van der Waals surface area contributed by atoms with Crippen molar-refractivity contribution in [3.05, 3.63) is 57.7 Å². The van der Waals surface area contributed by atoms with Crippen LogP contribution in [0.2, 0.25) is 10.0 Å². The van der Waals surface area contributed by atoms with Crippen molar-refractivity contribution in [2.45, 2.75) is 19.1 Å². The van der Waals surface area contributed by atoms with Crippen molar-refractivity contribution in [2.24, 2.45) is 0 Å². The zero-order valence-electron chi connectivity index (χ0n) is 12.8. The van der Waals surface area contributed by atoms with E-state index in [9.17, 15) is 4.79 Å². The first-order valence-electron chi connectivity index (χ1n) is 7.55. The second-order valence-electron chi connectivity index (χ2n) is 5.39. The van der Waals surface area contributed by atoms with Crippen molar-refractivity contribution in [1.29, 1.82) is 0 Å². The molecule has 7 heteroatoms. The summed E-state index contributed by atoms with van der Waals surface area (Å²) in [4.78, 5) is 16.4. The third-order valence-corrected chi connectivity index (χ3v) is 4.27. The molecule has 1 N–H and O–H groups in total. The number of nitrogens with zero attached hydrogens (tertiary/aromatic N) is 1. The van der Waals surface area contributed by atoms with Gasteiger partial charge in [-0.15, -0.1) is 0 Å². The normalized spacial score (nSPS) is 16.8. The molecule has 1 aromatic heterocycles. The largest absolute Gasteiger partial charge is 0.471 e. The second kappa shape index (κ2) is 7.83. The Bertz CT molecular complexity index is 734. The number of ether oxygens (including phenoxy) is 2. The Morgan fingerprint density at radius 1 is 1.33 bits per heavy atom. The van der Waals surface area contributed by atoms with Crippen LogP contribution in [0.4, 0.5) is 0 Å². The summed E-state index contributed by atoms with van der Waals surface area (Å²) in [5.41, 5.74) is 1.20. The number of hydrogen-bond donors (Lipinski definition) is 1. The molecule has 1 fully saturated rings. The Morgan fingerprint density at radius 2 is 2.17 bits per heavy atom. The fraction of sp³-hybridized carbons (Fsp3) is 0.294. The zero-order valence-corrected chi connectivity index (χ0v) is 14.3. The summed E-state index contributed by atoms with van der Waals surface area (Å²) in [6.45, 7) is 1.52. The maximum absolute atomic E-state index is 12.2. The highest BCUT2D eigenvalue weighted by Crippen LogP contribution is 2.25. The Balaban J connectivity index is 1.62. The monoisotopic (exact) mass is 366 g/mol. The smallest absolute Gasteiger partial charge is 0.253 e. The van der Waals surface area contributed by atoms with Crippen LogP contribution in [0.3, 0.4) is 0 Å². The predicted molar refractivity (Wildman–Crippen MR) is 91.7 cm³/mol. The minimum atomic E-state index is -0.278. The van der Waals surface area contributed by atoms with Crippen LogP contribution in [-0.2, 0) is 11.3 Å². The summed E-state index contributed by atoms with van der Waals surface area (Å²) < 4.78 is 10.9. The van der Waals surface area contributed by atoms with Gasteiger partial charge in [0.15, 0.2) is 0 Å². The van der Waals surface area contributed by atoms with Crippen LogP contribution in [0, 0.1) is 0 Å². The molecule has 126 valence electrons. The predicted octanol–water partition coefficient (Wildman–Crippen LogP) is 3.49. The Hall–Kier alpha value is -1.82. The first kappa shape index (κ1) is 17.0. The number of pyridine rings is 1. The summed E-state index contributed by atoms with van der Waals surface area (Å²) in [7, 11) is 0. The quantitative estimate of drug-likeness (QED) is 0.879. The average molecular weight is 367 g/mol. The molecule has 2 aromatic rings. The number of amides is 1. The molecule has 1 unspecified atom stereocenters. The number of nitrogens with one attached hydrogen (secondary N) is 1. The lowest BCUT2D eigenvalue weighted by molar-refractivity contribution is 0.0950. The van der Waals surface area contributed by atoms with Gasteiger partial charge >= 0.3 is 0 Å². The fourth-order valence-corrected chi connectivity index (χ4v) is 2.73. The van der Waals surface area contributed by atoms with Gasteiger partial charge < -0.3 is 14.8 Å². The molecule has 1 saturated heterocycles. The topological polar surface area (TPSA) is 60.5 Å². The summed E-state index contributed by atoms with van der Waals surface area (Å²) in [5, 5.41) is 3.70. The first-order valence-corrected chi connectivity index (χ1v) is 8.30. The van der Waals surface area contributed by atoms with Gasteiger partial charge in [0.25, 0.3) is 5.91 Å². The van der Waals surface area contributed by atoms with E-state index in [4.69, 9.17) is 32.7 Å². The van der Waals surface area contributed by atoms with Crippen LogP contribution >= 0.6 is 23.2 Å². The van der Waals surface area contributed by atoms with E-state index >= 15 is 0 Å². The van der Waals surface area contributed by atoms with E-state index in [1.54, 1.807) is 12.1 Å². The summed E-state index contributed by atoms with van der Waals surface area (Å²) in [5.74, 6) is 0.0369. The van der Waals surface area contributed by atoms with Gasteiger partial charge in [0, 0.05) is 24.2 Å². The van der Waals surface area contributed by atoms with E-state index in [-0.39, 0.29) is 12.0 Å². The van der Waals surface area contributed by atoms with Crippen molar-refractivity contribution < 1.29 is 14.3 Å². The third-order valence-electron chi connectivity index (χ3n) is 3.63. The number of rotatable bonds is 5. The molecule has 1 aliphatic heterocycles. The average Bonchev–Trinajstić information content (AvgIpc) is 3.09. The lowest BCUT2D eigenvalue weighted by atomic mass is 10.2. The van der Waals surface area contributed by atoms with E-state index < -0.39 is 0 Å². The van der Waals surface area contributed by atoms with E-state index in [0.29, 0.717) is 41.2 Å². The highest BCUT2D eigenvalue weighted by molar-refractivity contribution is 6.32. The zero-order chi connectivity index (χ0) is 16.9. The van der Waals surface area contributed by atoms with Crippen molar-refractivity contribution in [2.75, 3.05) is 13.2 Å². The molecule has 1 atom stereocenters. The minimum Gasteiger partial charge on any atom is -0.471 e. The summed E-state index contributed by atoms with van der Waals surface area (Å²) in [6.07, 6.45) is 2.20. The Labute approximate surface area is 149 Å². The van der Waals surface area contributed by atoms with Gasteiger partial charge in [-0.3, -0.25) is 4.79 Å². The van der Waals surface area contributed by atoms with E-state index in [0.717, 1.165) is 12.0 Å². The van der Waals surface area contributed by atoms with Gasteiger partial charge in [-0.25, -0.2) is 4.98 Å². The van der Waals surface area contributed by atoms with Crippen molar-refractivity contribution in [1.82, 2.24) is 10.3 Å². The number of carbonyl (C=O) groups excluding carboxylic acids is 1. The van der Waals surface area contributed by atoms with Crippen molar-refractivity contribution >= 4 is 29.1 Å². The van der Waals surface area contributed by atoms with Crippen LogP contribution in [0.1, 0.15) is 22.3 Å². The molecule has 1 aromatic carbocycles. The van der Waals surface area contributed by atoms with E-state index in [1.807, 2.05) is 18.2 Å². The molecule has 1 amide bonds. The van der Waals surface area contributed by atoms with Crippen LogP contribution in [0.15, 0.2) is 36.5 Å². The van der Waals surface area contributed by atoms with Gasteiger partial charge in [-0.1, -0.05) is 41.4 Å². The molecule has 1 aliphatic rings. The van der Waals surface area contributed by atoms with Crippen LogP contribution < -0.4 is 10.1 Å². The molecule has 5 nitrogen and oxygen atoms in total. The summed E-state index contributed by atoms with van der Waals surface area (Å²) in [6, 6.07) is 8.88. The molecule has 0 saturated carbocycles. The fourth-order valence-electron chi connectivity index (χ4n) is 2.32. The molecule has 0 bridgehead atoms. The number of aromatic nitrogens is 1. The van der Waals surface area contributed by atoms with Gasteiger partial charge in [0.1, 0.15) is 11.1 Å². The van der Waals surface area contributed by atoms with Crippen LogP contribution in [0.25, 0.3) is 0 Å². The first-order chi connectivity index (χ1) is 11.6. The van der Waals surface area contributed by atoms with Crippen LogP contribution in [-0.4, -0.2) is 30.2 Å². The van der Waals surface area contributed by atoms with Crippen LogP contribution in [0.5, 0.6) is 5.88 Å². The van der Waals surface area contributed by atoms with Gasteiger partial charge in [0.05, 0.1) is 18.8 Å². The molecule has 0 aliphatic carbocycles. The molecule has 0 radical (unpaired) electrons. The number of hydrogen-bond acceptors (Lipinski definition) is 4. The second-order valence-corrected chi connectivity index (χ2v) is 6.20. The van der Waals surface area contributed by atoms with Gasteiger partial charge in [0.2, 0.25) is 5.88 Å². The molecule has 0 spiro atoms. The maximum Gasteiger partial charge on any atom is 0.253 e. The van der Waals surface area contributed by atoms with Gasteiger partial charge in [-0.2, -0.15) is 0 Å². The molecule has 3 rings (SSSR count). The highest BCUT2D eigenvalue weighted by Gasteiger charge is 2.20. The molecule has 24 heavy (non-hydrogen) atoms. The van der Waals surface area contributed by atoms with E-state index in [2.05, 4.69) is 10.3 Å². The Morgan fingerprint density at radius 3 is 2.88 bits per heavy atom.